The molecule has 0 saturated heterocycles. The van der Waals surface area contributed by atoms with Crippen LogP contribution in [0.4, 0.5) is 0 Å². The Balaban J connectivity index is 2.49. The van der Waals surface area contributed by atoms with Crippen LogP contribution in [0.5, 0.6) is 5.75 Å². The number of halogens is 2. The number of aromatic nitrogens is 1. The van der Waals surface area contributed by atoms with Crippen LogP contribution < -0.4 is 10.5 Å². The zero-order chi connectivity index (χ0) is 13.1. The van der Waals surface area contributed by atoms with E-state index in [1.807, 2.05) is 12.1 Å². The third-order valence-corrected chi connectivity index (χ3v) is 3.18. The van der Waals surface area contributed by atoms with Gasteiger partial charge in [0.05, 0.1) is 5.02 Å². The van der Waals surface area contributed by atoms with Gasteiger partial charge in [0.25, 0.3) is 0 Å². The molecule has 7 heteroatoms. The van der Waals surface area contributed by atoms with Crippen molar-refractivity contribution in [3.63, 3.8) is 0 Å². The average molecular weight is 331 g/mol. The van der Waals surface area contributed by atoms with E-state index in [0.717, 1.165) is 9.86 Å². The number of hydrogen-bond acceptors (Lipinski definition) is 4. The van der Waals surface area contributed by atoms with E-state index in [2.05, 4.69) is 26.1 Å². The Kier molecular flexibility index (Phi) is 3.88. The first-order valence-electron chi connectivity index (χ1n) is 4.95. The number of ether oxygens (including phenoxy) is 1. The normalized spacial score (nSPS) is 11.8. The van der Waals surface area contributed by atoms with E-state index in [-0.39, 0.29) is 12.4 Å². The van der Waals surface area contributed by atoms with Crippen LogP contribution in [0.1, 0.15) is 0 Å². The lowest BCUT2D eigenvalue weighted by Gasteiger charge is -2.10. The maximum atomic E-state index is 8.47. The van der Waals surface area contributed by atoms with E-state index in [9.17, 15) is 0 Å². The van der Waals surface area contributed by atoms with Gasteiger partial charge in [-0.05, 0) is 12.1 Å². The predicted molar refractivity (Wildman–Crippen MR) is 73.4 cm³/mol. The fourth-order valence-corrected chi connectivity index (χ4v) is 2.39. The molecule has 2 aromatic rings. The minimum atomic E-state index is -0.0659. The van der Waals surface area contributed by atoms with Crippen LogP contribution in [0.2, 0.25) is 5.02 Å². The Hall–Kier alpha value is -1.53. The molecule has 0 aliphatic carbocycles. The molecule has 2 rings (SSSR count). The summed E-state index contributed by atoms with van der Waals surface area (Å²) >= 11 is 9.50. The van der Waals surface area contributed by atoms with Crippen molar-refractivity contribution in [2.24, 2.45) is 10.9 Å². The first kappa shape index (κ1) is 12.9. The number of benzene rings is 1. The first-order valence-corrected chi connectivity index (χ1v) is 6.12. The summed E-state index contributed by atoms with van der Waals surface area (Å²) in [5, 5.41) is 12.6. The van der Waals surface area contributed by atoms with E-state index in [1.54, 1.807) is 12.3 Å². The minimum Gasteiger partial charge on any atom is -0.482 e. The molecule has 0 saturated carbocycles. The predicted octanol–water partition coefficient (Wildman–Crippen LogP) is 2.78. The maximum Gasteiger partial charge on any atom is 0.177 e. The second kappa shape index (κ2) is 5.41. The van der Waals surface area contributed by atoms with Gasteiger partial charge < -0.3 is 15.7 Å². The standard InChI is InChI=1S/C11H9BrClN3O2/c12-7-4-8(13)11(18-5-9(14)16-17)10-6(7)2-1-3-15-10/h1-4,17H,5H2,(H2,14,16). The van der Waals surface area contributed by atoms with Crippen molar-refractivity contribution >= 4 is 44.3 Å². The van der Waals surface area contributed by atoms with Gasteiger partial charge in [-0.1, -0.05) is 38.8 Å². The number of fused-ring (bicyclic) bond motifs is 1. The summed E-state index contributed by atoms with van der Waals surface area (Å²) in [6.07, 6.45) is 1.64. The Labute approximate surface area is 116 Å². The molecule has 3 N–H and O–H groups in total. The molecule has 0 fully saturated rings. The Morgan fingerprint density at radius 1 is 1.61 bits per heavy atom. The summed E-state index contributed by atoms with van der Waals surface area (Å²) in [6.45, 7) is -0.0659. The van der Waals surface area contributed by atoms with E-state index in [4.69, 9.17) is 27.3 Å². The molecule has 94 valence electrons. The second-order valence-corrected chi connectivity index (χ2v) is 4.71. The van der Waals surface area contributed by atoms with Crippen LogP contribution in [0.15, 0.2) is 34.0 Å². The molecular weight excluding hydrogens is 321 g/mol. The van der Waals surface area contributed by atoms with Gasteiger partial charge >= 0.3 is 0 Å². The maximum absolute atomic E-state index is 8.47. The van der Waals surface area contributed by atoms with Crippen LogP contribution in [0, 0.1) is 0 Å². The smallest absolute Gasteiger partial charge is 0.177 e. The number of hydrogen-bond donors (Lipinski definition) is 2. The summed E-state index contributed by atoms with van der Waals surface area (Å²) < 4.78 is 6.25. The number of oxime groups is 1. The summed E-state index contributed by atoms with van der Waals surface area (Å²) in [6, 6.07) is 5.42. The van der Waals surface area contributed by atoms with Gasteiger partial charge in [0.2, 0.25) is 0 Å². The van der Waals surface area contributed by atoms with E-state index >= 15 is 0 Å². The van der Waals surface area contributed by atoms with Crippen molar-refractivity contribution in [3.05, 3.63) is 33.9 Å². The highest BCUT2D eigenvalue weighted by Crippen LogP contribution is 2.36. The van der Waals surface area contributed by atoms with Crippen molar-refractivity contribution in [1.29, 1.82) is 0 Å². The lowest BCUT2D eigenvalue weighted by Crippen LogP contribution is -2.21. The third-order valence-electron chi connectivity index (χ3n) is 2.24. The highest BCUT2D eigenvalue weighted by Gasteiger charge is 2.12. The van der Waals surface area contributed by atoms with Gasteiger partial charge in [0.15, 0.2) is 11.6 Å². The van der Waals surface area contributed by atoms with E-state index in [0.29, 0.717) is 16.3 Å². The first-order chi connectivity index (χ1) is 8.63. The molecule has 0 aliphatic rings. The zero-order valence-electron chi connectivity index (χ0n) is 9.10. The molecule has 0 bridgehead atoms. The highest BCUT2D eigenvalue weighted by atomic mass is 79.9. The van der Waals surface area contributed by atoms with Crippen LogP contribution in [0.3, 0.4) is 0 Å². The van der Waals surface area contributed by atoms with Crippen molar-refractivity contribution < 1.29 is 9.94 Å². The van der Waals surface area contributed by atoms with Gasteiger partial charge in [-0.15, -0.1) is 0 Å². The van der Waals surface area contributed by atoms with Gasteiger partial charge in [-0.2, -0.15) is 0 Å². The number of amidine groups is 1. The molecule has 1 heterocycles. The SMILES string of the molecule is N/C(COc1c(Cl)cc(Br)c2cccnc12)=N\O. The van der Waals surface area contributed by atoms with Crippen molar-refractivity contribution in [2.75, 3.05) is 6.61 Å². The number of nitrogens with zero attached hydrogens (tertiary/aromatic N) is 2. The van der Waals surface area contributed by atoms with Crippen molar-refractivity contribution in [1.82, 2.24) is 4.98 Å². The van der Waals surface area contributed by atoms with Crippen LogP contribution in [-0.4, -0.2) is 22.6 Å². The zero-order valence-corrected chi connectivity index (χ0v) is 11.4. The monoisotopic (exact) mass is 329 g/mol. The average Bonchev–Trinajstić information content (AvgIpc) is 2.38. The lowest BCUT2D eigenvalue weighted by atomic mass is 10.2. The molecule has 18 heavy (non-hydrogen) atoms. The molecular formula is C11H9BrClN3O2. The molecule has 0 spiro atoms. The van der Waals surface area contributed by atoms with Crippen LogP contribution in [-0.2, 0) is 0 Å². The Morgan fingerprint density at radius 2 is 2.39 bits per heavy atom. The molecule has 0 aliphatic heterocycles. The molecule has 0 amide bonds. The van der Waals surface area contributed by atoms with Gasteiger partial charge in [-0.3, -0.25) is 4.98 Å². The van der Waals surface area contributed by atoms with Gasteiger partial charge in [0, 0.05) is 16.1 Å². The molecule has 5 nitrogen and oxygen atoms in total. The van der Waals surface area contributed by atoms with Crippen molar-refractivity contribution in [2.45, 2.75) is 0 Å². The van der Waals surface area contributed by atoms with Gasteiger partial charge in [-0.25, -0.2) is 0 Å². The minimum absolute atomic E-state index is 0.0435. The molecule has 1 aromatic carbocycles. The topological polar surface area (TPSA) is 80.7 Å². The number of pyridine rings is 1. The van der Waals surface area contributed by atoms with Crippen molar-refractivity contribution in [3.8, 4) is 5.75 Å². The van der Waals surface area contributed by atoms with E-state index < -0.39 is 0 Å². The van der Waals surface area contributed by atoms with Gasteiger partial charge in [0.1, 0.15) is 12.1 Å². The number of rotatable bonds is 3. The fraction of sp³-hybridized carbons (Fsp3) is 0.0909. The molecule has 1 aromatic heterocycles. The van der Waals surface area contributed by atoms with E-state index in [1.165, 1.54) is 0 Å². The van der Waals surface area contributed by atoms with Crippen LogP contribution in [0.25, 0.3) is 10.9 Å². The number of nitrogens with two attached hydrogens (primary N) is 1. The Bertz CT molecular complexity index is 619. The molecule has 0 atom stereocenters. The quantitative estimate of drug-likeness (QED) is 0.392. The summed E-state index contributed by atoms with van der Waals surface area (Å²) in [4.78, 5) is 4.22. The lowest BCUT2D eigenvalue weighted by molar-refractivity contribution is 0.307. The summed E-state index contributed by atoms with van der Waals surface area (Å²) in [5.41, 5.74) is 5.96. The third kappa shape index (κ3) is 2.49. The molecule has 0 unspecified atom stereocenters. The fourth-order valence-electron chi connectivity index (χ4n) is 1.46. The summed E-state index contributed by atoms with van der Waals surface area (Å²) in [5.74, 6) is 0.361. The highest BCUT2D eigenvalue weighted by molar-refractivity contribution is 9.10. The second-order valence-electron chi connectivity index (χ2n) is 3.45. The van der Waals surface area contributed by atoms with Crippen LogP contribution >= 0.6 is 27.5 Å². The summed E-state index contributed by atoms with van der Waals surface area (Å²) in [7, 11) is 0. The molecule has 0 radical (unpaired) electrons. The largest absolute Gasteiger partial charge is 0.482 e. The Morgan fingerprint density at radius 3 is 3.11 bits per heavy atom.